The molecular formula is C6H7N5. The third-order valence-corrected chi connectivity index (χ3v) is 1.42. The molecule has 2 aromatic rings. The van der Waals surface area contributed by atoms with Crippen molar-refractivity contribution in [3.05, 3.63) is 18.5 Å². The molecule has 0 aliphatic rings. The first-order chi connectivity index (χ1) is 5.36. The van der Waals surface area contributed by atoms with Gasteiger partial charge in [0.2, 0.25) is 0 Å². The molecule has 0 spiro atoms. The van der Waals surface area contributed by atoms with Crippen molar-refractivity contribution in [1.82, 2.24) is 20.4 Å². The van der Waals surface area contributed by atoms with Gasteiger partial charge in [0.15, 0.2) is 0 Å². The number of hydrogen-bond donors (Lipinski definition) is 3. The molecule has 0 unspecified atom stereocenters. The first-order valence-electron chi connectivity index (χ1n) is 3.16. The van der Waals surface area contributed by atoms with Crippen LogP contribution in [0.1, 0.15) is 0 Å². The topological polar surface area (TPSA) is 83.4 Å². The van der Waals surface area contributed by atoms with E-state index in [1.807, 2.05) is 0 Å². The van der Waals surface area contributed by atoms with Gasteiger partial charge in [0.25, 0.3) is 0 Å². The van der Waals surface area contributed by atoms with Crippen LogP contribution in [0.5, 0.6) is 0 Å². The summed E-state index contributed by atoms with van der Waals surface area (Å²) in [6.45, 7) is 0. The highest BCUT2D eigenvalue weighted by molar-refractivity contribution is 5.61. The molecule has 0 saturated heterocycles. The number of H-pyrrole nitrogens is 2. The molecule has 2 aromatic heterocycles. The van der Waals surface area contributed by atoms with Crippen LogP contribution in [0.15, 0.2) is 18.5 Å². The number of nitrogen functional groups attached to an aromatic ring is 1. The van der Waals surface area contributed by atoms with Crippen LogP contribution >= 0.6 is 0 Å². The SMILES string of the molecule is Nc1cc(-c2cn[nH]n2)c[nH]1. The summed E-state index contributed by atoms with van der Waals surface area (Å²) < 4.78 is 0. The number of nitrogens with two attached hydrogens (primary N) is 1. The Kier molecular flexibility index (Phi) is 1.15. The average Bonchev–Trinajstić information content (AvgIpc) is 2.55. The minimum Gasteiger partial charge on any atom is -0.385 e. The summed E-state index contributed by atoms with van der Waals surface area (Å²) in [7, 11) is 0. The van der Waals surface area contributed by atoms with Crippen molar-refractivity contribution in [1.29, 1.82) is 0 Å². The molecule has 0 aromatic carbocycles. The number of rotatable bonds is 1. The third-order valence-electron chi connectivity index (χ3n) is 1.42. The Morgan fingerprint density at radius 3 is 2.91 bits per heavy atom. The zero-order valence-electron chi connectivity index (χ0n) is 5.70. The van der Waals surface area contributed by atoms with Crippen LogP contribution < -0.4 is 5.73 Å². The predicted octanol–water partition coefficient (Wildman–Crippen LogP) is 0.382. The molecule has 5 heteroatoms. The number of hydrogen-bond acceptors (Lipinski definition) is 3. The summed E-state index contributed by atoms with van der Waals surface area (Å²) in [6.07, 6.45) is 3.43. The second-order valence-electron chi connectivity index (χ2n) is 2.20. The molecule has 11 heavy (non-hydrogen) atoms. The van der Waals surface area contributed by atoms with Gasteiger partial charge < -0.3 is 10.7 Å². The van der Waals surface area contributed by atoms with Crippen molar-refractivity contribution in [2.75, 3.05) is 5.73 Å². The van der Waals surface area contributed by atoms with Gasteiger partial charge in [-0.2, -0.15) is 15.4 Å². The Bertz CT molecular complexity index is 333. The second-order valence-corrected chi connectivity index (χ2v) is 2.20. The Hall–Kier alpha value is -1.78. The van der Waals surface area contributed by atoms with Gasteiger partial charge in [-0.1, -0.05) is 0 Å². The van der Waals surface area contributed by atoms with Crippen molar-refractivity contribution in [3.8, 4) is 11.3 Å². The summed E-state index contributed by atoms with van der Waals surface area (Å²) in [4.78, 5) is 2.85. The molecule has 5 nitrogen and oxygen atoms in total. The third kappa shape index (κ3) is 0.958. The van der Waals surface area contributed by atoms with E-state index in [1.165, 1.54) is 0 Å². The molecule has 0 saturated carbocycles. The van der Waals surface area contributed by atoms with E-state index < -0.39 is 0 Å². The molecule has 0 aliphatic carbocycles. The maximum absolute atomic E-state index is 5.47. The molecule has 56 valence electrons. The largest absolute Gasteiger partial charge is 0.385 e. The first-order valence-corrected chi connectivity index (χ1v) is 3.16. The molecule has 0 radical (unpaired) electrons. The van der Waals surface area contributed by atoms with Crippen LogP contribution in [0.3, 0.4) is 0 Å². The van der Waals surface area contributed by atoms with Crippen LogP contribution in [0, 0.1) is 0 Å². The van der Waals surface area contributed by atoms with Gasteiger partial charge in [0.1, 0.15) is 11.5 Å². The molecule has 0 aliphatic heterocycles. The maximum Gasteiger partial charge on any atom is 0.114 e. The quantitative estimate of drug-likeness (QED) is 0.548. The molecule has 0 bridgehead atoms. The lowest BCUT2D eigenvalue weighted by Gasteiger charge is -1.82. The van der Waals surface area contributed by atoms with E-state index in [1.54, 1.807) is 18.5 Å². The summed E-state index contributed by atoms with van der Waals surface area (Å²) in [5.74, 6) is 0.628. The number of nitrogens with one attached hydrogen (secondary N) is 2. The van der Waals surface area contributed by atoms with E-state index >= 15 is 0 Å². The number of nitrogens with zero attached hydrogens (tertiary/aromatic N) is 2. The van der Waals surface area contributed by atoms with Crippen LogP contribution in [0.4, 0.5) is 5.82 Å². The van der Waals surface area contributed by atoms with Crippen molar-refractivity contribution < 1.29 is 0 Å². The van der Waals surface area contributed by atoms with Gasteiger partial charge in [-0.25, -0.2) is 0 Å². The Morgan fingerprint density at radius 2 is 2.36 bits per heavy atom. The van der Waals surface area contributed by atoms with E-state index in [4.69, 9.17) is 5.73 Å². The van der Waals surface area contributed by atoms with Gasteiger partial charge in [0, 0.05) is 11.8 Å². The van der Waals surface area contributed by atoms with E-state index in [0.717, 1.165) is 11.3 Å². The van der Waals surface area contributed by atoms with Crippen LogP contribution in [0.2, 0.25) is 0 Å². The van der Waals surface area contributed by atoms with Gasteiger partial charge in [-0.3, -0.25) is 0 Å². The number of aromatic amines is 2. The van der Waals surface area contributed by atoms with Crippen LogP contribution in [-0.2, 0) is 0 Å². The number of anilines is 1. The summed E-state index contributed by atoms with van der Waals surface area (Å²) in [6, 6.07) is 1.80. The van der Waals surface area contributed by atoms with Gasteiger partial charge in [-0.05, 0) is 6.07 Å². The van der Waals surface area contributed by atoms with Crippen molar-refractivity contribution in [2.45, 2.75) is 0 Å². The monoisotopic (exact) mass is 149 g/mol. The lowest BCUT2D eigenvalue weighted by molar-refractivity contribution is 0.942. The van der Waals surface area contributed by atoms with E-state index in [0.29, 0.717) is 5.82 Å². The molecule has 0 amide bonds. The zero-order chi connectivity index (χ0) is 7.68. The van der Waals surface area contributed by atoms with Crippen molar-refractivity contribution in [2.24, 2.45) is 0 Å². The Labute approximate surface area is 62.6 Å². The minimum absolute atomic E-state index is 0.628. The van der Waals surface area contributed by atoms with Crippen molar-refractivity contribution in [3.63, 3.8) is 0 Å². The standard InChI is InChI=1S/C6H7N5/c7-6-1-4(2-8-6)5-3-9-11-10-5/h1-3,8H,7H2,(H,9,10,11). The highest BCUT2D eigenvalue weighted by Gasteiger charge is 2.00. The number of aromatic nitrogens is 4. The highest BCUT2D eigenvalue weighted by atomic mass is 15.3. The van der Waals surface area contributed by atoms with Gasteiger partial charge in [-0.15, -0.1) is 0 Å². The Balaban J connectivity index is 2.45. The molecule has 2 rings (SSSR count). The second kappa shape index (κ2) is 2.12. The molecular weight excluding hydrogens is 142 g/mol. The Morgan fingerprint density at radius 1 is 1.45 bits per heavy atom. The first kappa shape index (κ1) is 5.96. The highest BCUT2D eigenvalue weighted by Crippen LogP contribution is 2.16. The van der Waals surface area contributed by atoms with Gasteiger partial charge >= 0.3 is 0 Å². The van der Waals surface area contributed by atoms with E-state index in [2.05, 4.69) is 20.4 Å². The van der Waals surface area contributed by atoms with E-state index in [9.17, 15) is 0 Å². The predicted molar refractivity (Wildman–Crippen MR) is 40.6 cm³/mol. The van der Waals surface area contributed by atoms with Gasteiger partial charge in [0.05, 0.1) is 6.20 Å². The van der Waals surface area contributed by atoms with Crippen LogP contribution in [-0.4, -0.2) is 20.4 Å². The van der Waals surface area contributed by atoms with Crippen molar-refractivity contribution >= 4 is 5.82 Å². The molecule has 4 N–H and O–H groups in total. The summed E-state index contributed by atoms with van der Waals surface area (Å²) in [5, 5.41) is 10.1. The molecule has 2 heterocycles. The lowest BCUT2D eigenvalue weighted by Crippen LogP contribution is -1.79. The fraction of sp³-hybridized carbons (Fsp3) is 0. The minimum atomic E-state index is 0.628. The lowest BCUT2D eigenvalue weighted by atomic mass is 10.3. The average molecular weight is 149 g/mol. The van der Waals surface area contributed by atoms with E-state index in [-0.39, 0.29) is 0 Å². The van der Waals surface area contributed by atoms with Crippen LogP contribution in [0.25, 0.3) is 11.3 Å². The summed E-state index contributed by atoms with van der Waals surface area (Å²) >= 11 is 0. The summed E-state index contributed by atoms with van der Waals surface area (Å²) in [5.41, 5.74) is 7.20. The smallest absolute Gasteiger partial charge is 0.114 e. The zero-order valence-corrected chi connectivity index (χ0v) is 5.70. The molecule has 0 fully saturated rings. The molecule has 0 atom stereocenters. The fourth-order valence-corrected chi connectivity index (χ4v) is 0.901. The normalized spacial score (nSPS) is 10.2. The fourth-order valence-electron chi connectivity index (χ4n) is 0.901. The maximum atomic E-state index is 5.47.